The van der Waals surface area contributed by atoms with Crippen LogP contribution >= 0.6 is 11.6 Å². The van der Waals surface area contributed by atoms with Crippen LogP contribution in [0, 0.1) is 0 Å². The second-order valence-corrected chi connectivity index (χ2v) is 5.39. The molecule has 4 N–H and O–H groups in total. The van der Waals surface area contributed by atoms with Gasteiger partial charge in [-0.15, -0.1) is 0 Å². The smallest absolute Gasteiger partial charge is 0.222 e. The maximum absolute atomic E-state index is 6.08. The molecule has 0 fully saturated rings. The SMILES string of the molecule is Nc1nc(N)c(-c2ccc(Cl)cc2)c(Cc2ccccc2)n1. The Kier molecular flexibility index (Phi) is 3.94. The molecule has 0 amide bonds. The summed E-state index contributed by atoms with van der Waals surface area (Å²) in [4.78, 5) is 8.47. The zero-order valence-electron chi connectivity index (χ0n) is 11.8. The molecule has 3 rings (SSSR count). The van der Waals surface area contributed by atoms with E-state index in [-0.39, 0.29) is 5.95 Å². The summed E-state index contributed by atoms with van der Waals surface area (Å²) in [6, 6.07) is 17.5. The lowest BCUT2D eigenvalue weighted by Crippen LogP contribution is -2.07. The van der Waals surface area contributed by atoms with E-state index in [9.17, 15) is 0 Å². The van der Waals surface area contributed by atoms with Gasteiger partial charge in [-0.3, -0.25) is 0 Å². The quantitative estimate of drug-likeness (QED) is 0.775. The Morgan fingerprint density at radius 1 is 0.864 bits per heavy atom. The van der Waals surface area contributed by atoms with Gasteiger partial charge in [0.25, 0.3) is 0 Å². The summed E-state index contributed by atoms with van der Waals surface area (Å²) < 4.78 is 0. The molecule has 0 radical (unpaired) electrons. The van der Waals surface area contributed by atoms with E-state index < -0.39 is 0 Å². The zero-order valence-corrected chi connectivity index (χ0v) is 12.6. The lowest BCUT2D eigenvalue weighted by atomic mass is 10.00. The number of anilines is 2. The van der Waals surface area contributed by atoms with Crippen molar-refractivity contribution >= 4 is 23.4 Å². The molecule has 110 valence electrons. The van der Waals surface area contributed by atoms with Gasteiger partial charge in [0.05, 0.1) is 5.69 Å². The van der Waals surface area contributed by atoms with E-state index in [2.05, 4.69) is 9.97 Å². The van der Waals surface area contributed by atoms with Gasteiger partial charge in [0.2, 0.25) is 5.95 Å². The van der Waals surface area contributed by atoms with Crippen molar-refractivity contribution in [2.24, 2.45) is 0 Å². The van der Waals surface area contributed by atoms with Crippen molar-refractivity contribution in [2.45, 2.75) is 6.42 Å². The second kappa shape index (κ2) is 6.03. The number of nitrogens with zero attached hydrogens (tertiary/aromatic N) is 2. The summed E-state index contributed by atoms with van der Waals surface area (Å²) in [7, 11) is 0. The molecule has 3 aromatic rings. The van der Waals surface area contributed by atoms with Crippen LogP contribution in [0.3, 0.4) is 0 Å². The van der Waals surface area contributed by atoms with Crippen LogP contribution in [0.5, 0.6) is 0 Å². The molecular weight excluding hydrogens is 296 g/mol. The molecule has 0 aliphatic carbocycles. The largest absolute Gasteiger partial charge is 0.383 e. The van der Waals surface area contributed by atoms with Gasteiger partial charge in [-0.1, -0.05) is 54.1 Å². The number of benzene rings is 2. The highest BCUT2D eigenvalue weighted by Gasteiger charge is 2.14. The van der Waals surface area contributed by atoms with E-state index >= 15 is 0 Å². The molecular formula is C17H15ClN4. The van der Waals surface area contributed by atoms with Crippen LogP contribution in [-0.2, 0) is 6.42 Å². The molecule has 22 heavy (non-hydrogen) atoms. The van der Waals surface area contributed by atoms with Gasteiger partial charge in [-0.05, 0) is 23.3 Å². The van der Waals surface area contributed by atoms with E-state index in [1.807, 2.05) is 54.6 Å². The summed E-state index contributed by atoms with van der Waals surface area (Å²) in [5.74, 6) is 0.557. The lowest BCUT2D eigenvalue weighted by Gasteiger charge is -2.12. The van der Waals surface area contributed by atoms with Crippen molar-refractivity contribution in [3.63, 3.8) is 0 Å². The number of nitrogens with two attached hydrogens (primary N) is 2. The van der Waals surface area contributed by atoms with Crippen LogP contribution in [0.1, 0.15) is 11.3 Å². The molecule has 0 aliphatic rings. The lowest BCUT2D eigenvalue weighted by molar-refractivity contribution is 1.05. The summed E-state index contributed by atoms with van der Waals surface area (Å²) in [5.41, 5.74) is 15.5. The van der Waals surface area contributed by atoms with Crippen molar-refractivity contribution in [2.75, 3.05) is 11.5 Å². The molecule has 0 saturated heterocycles. The third-order valence-electron chi connectivity index (χ3n) is 3.38. The van der Waals surface area contributed by atoms with Crippen molar-refractivity contribution in [1.29, 1.82) is 0 Å². The van der Waals surface area contributed by atoms with Gasteiger partial charge in [0.1, 0.15) is 5.82 Å². The van der Waals surface area contributed by atoms with Crippen LogP contribution < -0.4 is 11.5 Å². The van der Waals surface area contributed by atoms with Gasteiger partial charge < -0.3 is 11.5 Å². The minimum Gasteiger partial charge on any atom is -0.383 e. The third kappa shape index (κ3) is 3.02. The average molecular weight is 311 g/mol. The van der Waals surface area contributed by atoms with E-state index in [0.29, 0.717) is 17.3 Å². The second-order valence-electron chi connectivity index (χ2n) is 4.96. The topological polar surface area (TPSA) is 77.8 Å². The Hall–Kier alpha value is -2.59. The fourth-order valence-corrected chi connectivity index (χ4v) is 2.52. The molecule has 5 heteroatoms. The fraction of sp³-hybridized carbons (Fsp3) is 0.0588. The highest BCUT2D eigenvalue weighted by molar-refractivity contribution is 6.30. The van der Waals surface area contributed by atoms with E-state index in [0.717, 1.165) is 22.4 Å². The fourth-order valence-electron chi connectivity index (χ4n) is 2.39. The maximum atomic E-state index is 6.08. The van der Waals surface area contributed by atoms with E-state index in [1.165, 1.54) is 0 Å². The Morgan fingerprint density at radius 2 is 1.55 bits per heavy atom. The Bertz CT molecular complexity index is 786. The molecule has 1 aromatic heterocycles. The minimum absolute atomic E-state index is 0.182. The standard InChI is InChI=1S/C17H15ClN4/c18-13-8-6-12(7-9-13)15-14(21-17(20)22-16(15)19)10-11-4-2-1-3-5-11/h1-9H,10H2,(H4,19,20,21,22). The van der Waals surface area contributed by atoms with Crippen LogP contribution in [0.25, 0.3) is 11.1 Å². The van der Waals surface area contributed by atoms with Crippen molar-refractivity contribution in [3.05, 3.63) is 70.9 Å². The number of rotatable bonds is 3. The summed E-state index contributed by atoms with van der Waals surface area (Å²) in [6.07, 6.45) is 0.635. The molecule has 0 saturated carbocycles. The number of halogens is 1. The maximum Gasteiger partial charge on any atom is 0.222 e. The number of hydrogen-bond donors (Lipinski definition) is 2. The molecule has 2 aromatic carbocycles. The molecule has 0 unspecified atom stereocenters. The summed E-state index contributed by atoms with van der Waals surface area (Å²) in [5, 5.41) is 0.670. The molecule has 0 spiro atoms. The van der Waals surface area contributed by atoms with E-state index in [4.69, 9.17) is 23.1 Å². The first kappa shape index (κ1) is 14.4. The van der Waals surface area contributed by atoms with Gasteiger partial charge >= 0.3 is 0 Å². The summed E-state index contributed by atoms with van der Waals surface area (Å²) in [6.45, 7) is 0. The van der Waals surface area contributed by atoms with Crippen LogP contribution in [-0.4, -0.2) is 9.97 Å². The molecule has 0 aliphatic heterocycles. The van der Waals surface area contributed by atoms with Crippen molar-refractivity contribution < 1.29 is 0 Å². The Labute approximate surface area is 133 Å². The van der Waals surface area contributed by atoms with Crippen molar-refractivity contribution in [3.8, 4) is 11.1 Å². The number of aromatic nitrogens is 2. The molecule has 0 bridgehead atoms. The molecule has 4 nitrogen and oxygen atoms in total. The van der Waals surface area contributed by atoms with Crippen molar-refractivity contribution in [1.82, 2.24) is 9.97 Å². The minimum atomic E-state index is 0.182. The molecule has 1 heterocycles. The predicted octanol–water partition coefficient (Wildman–Crippen LogP) is 3.55. The highest BCUT2D eigenvalue weighted by Crippen LogP contribution is 2.30. The van der Waals surface area contributed by atoms with Gasteiger partial charge in [-0.25, -0.2) is 4.98 Å². The Balaban J connectivity index is 2.10. The molecule has 0 atom stereocenters. The summed E-state index contributed by atoms with van der Waals surface area (Å²) >= 11 is 5.95. The first-order valence-electron chi connectivity index (χ1n) is 6.85. The van der Waals surface area contributed by atoms with Gasteiger partial charge in [0.15, 0.2) is 0 Å². The third-order valence-corrected chi connectivity index (χ3v) is 3.63. The van der Waals surface area contributed by atoms with Crippen LogP contribution in [0.2, 0.25) is 5.02 Å². The van der Waals surface area contributed by atoms with Crippen LogP contribution in [0.4, 0.5) is 11.8 Å². The van der Waals surface area contributed by atoms with E-state index in [1.54, 1.807) is 0 Å². The van der Waals surface area contributed by atoms with Gasteiger partial charge in [-0.2, -0.15) is 4.98 Å². The first-order valence-corrected chi connectivity index (χ1v) is 7.23. The highest BCUT2D eigenvalue weighted by atomic mass is 35.5. The van der Waals surface area contributed by atoms with Gasteiger partial charge in [0, 0.05) is 17.0 Å². The normalized spacial score (nSPS) is 10.6. The number of hydrogen-bond acceptors (Lipinski definition) is 4. The first-order chi connectivity index (χ1) is 10.6. The Morgan fingerprint density at radius 3 is 2.23 bits per heavy atom. The predicted molar refractivity (Wildman–Crippen MR) is 90.6 cm³/mol. The monoisotopic (exact) mass is 310 g/mol. The number of nitrogen functional groups attached to an aromatic ring is 2. The average Bonchev–Trinajstić information content (AvgIpc) is 2.49. The zero-order chi connectivity index (χ0) is 15.5. The van der Waals surface area contributed by atoms with Crippen LogP contribution in [0.15, 0.2) is 54.6 Å².